The van der Waals surface area contributed by atoms with E-state index in [4.69, 9.17) is 4.74 Å². The lowest BCUT2D eigenvalue weighted by molar-refractivity contribution is -0.384. The number of anilines is 2. The van der Waals surface area contributed by atoms with E-state index in [1.807, 2.05) is 6.92 Å². The second kappa shape index (κ2) is 8.62. The molecule has 2 amide bonds. The Bertz CT molecular complexity index is 1040. The minimum Gasteiger partial charge on any atom is -0.452 e. The first-order chi connectivity index (χ1) is 14.2. The van der Waals surface area contributed by atoms with Crippen molar-refractivity contribution in [2.45, 2.75) is 33.6 Å². The van der Waals surface area contributed by atoms with E-state index in [2.05, 4.69) is 10.6 Å². The molecule has 0 spiro atoms. The number of amides is 2. The number of nitro groups is 1. The molecule has 1 heterocycles. The first-order valence-corrected chi connectivity index (χ1v) is 10.1. The molecule has 1 saturated carbocycles. The molecule has 2 N–H and O–H groups in total. The molecule has 0 atom stereocenters. The lowest BCUT2D eigenvalue weighted by Gasteiger charge is -2.10. The Balaban J connectivity index is 1.63. The van der Waals surface area contributed by atoms with Crippen molar-refractivity contribution in [3.63, 3.8) is 0 Å². The molecular weight excluding hydrogens is 410 g/mol. The maximum atomic E-state index is 12.6. The van der Waals surface area contributed by atoms with E-state index in [0.717, 1.165) is 17.7 Å². The van der Waals surface area contributed by atoms with Crippen molar-refractivity contribution in [3.05, 3.63) is 49.9 Å². The van der Waals surface area contributed by atoms with Crippen LogP contribution in [0.15, 0.2) is 18.2 Å². The zero-order valence-electron chi connectivity index (χ0n) is 16.7. The molecule has 0 radical (unpaired) electrons. The Morgan fingerprint density at radius 1 is 1.20 bits per heavy atom. The summed E-state index contributed by atoms with van der Waals surface area (Å²) in [5.74, 6) is -1.39. The minimum atomic E-state index is -0.696. The first-order valence-electron chi connectivity index (χ1n) is 9.30. The third-order valence-electron chi connectivity index (χ3n) is 4.80. The van der Waals surface area contributed by atoms with Crippen molar-refractivity contribution in [2.75, 3.05) is 17.2 Å². The second-order valence-electron chi connectivity index (χ2n) is 7.13. The van der Waals surface area contributed by atoms with Gasteiger partial charge in [0.15, 0.2) is 6.61 Å². The molecule has 158 valence electrons. The number of carbonyl (C=O) groups is 3. The van der Waals surface area contributed by atoms with Gasteiger partial charge in [0.25, 0.3) is 11.6 Å². The van der Waals surface area contributed by atoms with Crippen LogP contribution in [0.2, 0.25) is 0 Å². The summed E-state index contributed by atoms with van der Waals surface area (Å²) in [6.07, 6.45) is 1.69. The summed E-state index contributed by atoms with van der Waals surface area (Å²) in [6.45, 7) is 4.70. The van der Waals surface area contributed by atoms with Crippen LogP contribution in [-0.2, 0) is 14.3 Å². The van der Waals surface area contributed by atoms with Gasteiger partial charge in [-0.15, -0.1) is 11.3 Å². The van der Waals surface area contributed by atoms with E-state index < -0.39 is 23.4 Å². The Kier molecular flexibility index (Phi) is 6.16. The molecule has 0 bridgehead atoms. The number of hydrogen-bond acceptors (Lipinski definition) is 7. The van der Waals surface area contributed by atoms with Gasteiger partial charge >= 0.3 is 5.97 Å². The summed E-state index contributed by atoms with van der Waals surface area (Å²) in [6, 6.07) is 4.04. The fraction of sp³-hybridized carbons (Fsp3) is 0.350. The summed E-state index contributed by atoms with van der Waals surface area (Å²) >= 11 is 1.30. The van der Waals surface area contributed by atoms with E-state index in [0.29, 0.717) is 21.8 Å². The molecule has 30 heavy (non-hydrogen) atoms. The third-order valence-corrected chi connectivity index (χ3v) is 5.93. The van der Waals surface area contributed by atoms with Crippen LogP contribution in [0.1, 0.15) is 39.2 Å². The van der Waals surface area contributed by atoms with Gasteiger partial charge < -0.3 is 15.4 Å². The SMILES string of the molecule is Cc1cc([N+](=O)[O-])ccc1NC(=O)COC(=O)c1c(NC(=O)C2CC2)sc(C)c1C. The van der Waals surface area contributed by atoms with Gasteiger partial charge in [-0.05, 0) is 50.8 Å². The number of esters is 1. The van der Waals surface area contributed by atoms with Crippen LogP contribution in [0.25, 0.3) is 0 Å². The molecule has 1 aliphatic carbocycles. The van der Waals surface area contributed by atoms with Crippen molar-refractivity contribution in [3.8, 4) is 0 Å². The van der Waals surface area contributed by atoms with Crippen LogP contribution in [-0.4, -0.2) is 29.3 Å². The Labute approximate surface area is 176 Å². The maximum absolute atomic E-state index is 12.6. The van der Waals surface area contributed by atoms with Gasteiger partial charge in [-0.3, -0.25) is 19.7 Å². The summed E-state index contributed by atoms with van der Waals surface area (Å²) in [7, 11) is 0. The van der Waals surface area contributed by atoms with Crippen LogP contribution >= 0.6 is 11.3 Å². The van der Waals surface area contributed by atoms with Crippen LogP contribution in [0.3, 0.4) is 0 Å². The lowest BCUT2D eigenvalue weighted by atomic mass is 10.1. The van der Waals surface area contributed by atoms with Gasteiger partial charge in [-0.25, -0.2) is 4.79 Å². The molecule has 0 aliphatic heterocycles. The highest BCUT2D eigenvalue weighted by Gasteiger charge is 2.31. The molecule has 3 rings (SSSR count). The molecule has 0 saturated heterocycles. The van der Waals surface area contributed by atoms with E-state index in [9.17, 15) is 24.5 Å². The van der Waals surface area contributed by atoms with Crippen molar-refractivity contribution < 1.29 is 24.0 Å². The van der Waals surface area contributed by atoms with Crippen molar-refractivity contribution in [1.29, 1.82) is 0 Å². The fourth-order valence-electron chi connectivity index (χ4n) is 2.81. The molecule has 1 aliphatic rings. The van der Waals surface area contributed by atoms with E-state index in [1.54, 1.807) is 13.8 Å². The van der Waals surface area contributed by atoms with Gasteiger partial charge in [0.2, 0.25) is 5.91 Å². The van der Waals surface area contributed by atoms with Crippen molar-refractivity contribution >= 4 is 45.5 Å². The average Bonchev–Trinajstić information content (AvgIpc) is 3.49. The van der Waals surface area contributed by atoms with Crippen LogP contribution in [0.4, 0.5) is 16.4 Å². The van der Waals surface area contributed by atoms with Gasteiger partial charge in [0, 0.05) is 28.6 Å². The Hall–Kier alpha value is -3.27. The molecule has 10 heteroatoms. The van der Waals surface area contributed by atoms with Crippen molar-refractivity contribution in [1.82, 2.24) is 0 Å². The second-order valence-corrected chi connectivity index (χ2v) is 8.36. The first kappa shape index (κ1) is 21.4. The van der Waals surface area contributed by atoms with Crippen LogP contribution in [0.5, 0.6) is 0 Å². The molecule has 1 aromatic heterocycles. The number of aryl methyl sites for hydroxylation is 2. The Morgan fingerprint density at radius 2 is 1.90 bits per heavy atom. The highest BCUT2D eigenvalue weighted by atomic mass is 32.1. The van der Waals surface area contributed by atoms with E-state index >= 15 is 0 Å². The lowest BCUT2D eigenvalue weighted by Crippen LogP contribution is -2.22. The number of hydrogen-bond donors (Lipinski definition) is 2. The average molecular weight is 431 g/mol. The zero-order valence-corrected chi connectivity index (χ0v) is 17.6. The zero-order chi connectivity index (χ0) is 22.0. The van der Waals surface area contributed by atoms with Gasteiger partial charge in [-0.2, -0.15) is 0 Å². The quantitative estimate of drug-likeness (QED) is 0.391. The topological polar surface area (TPSA) is 128 Å². The molecule has 9 nitrogen and oxygen atoms in total. The van der Waals surface area contributed by atoms with Gasteiger partial charge in [0.1, 0.15) is 5.00 Å². The minimum absolute atomic E-state index is 0.00713. The molecule has 0 unspecified atom stereocenters. The summed E-state index contributed by atoms with van der Waals surface area (Å²) in [5.41, 5.74) is 1.77. The predicted octanol–water partition coefficient (Wildman–Crippen LogP) is 3.73. The third kappa shape index (κ3) is 4.82. The normalized spacial score (nSPS) is 12.9. The summed E-state index contributed by atoms with van der Waals surface area (Å²) in [5, 5.41) is 16.6. The molecule has 1 aromatic carbocycles. The smallest absolute Gasteiger partial charge is 0.341 e. The summed E-state index contributed by atoms with van der Waals surface area (Å²) < 4.78 is 5.15. The highest BCUT2D eigenvalue weighted by molar-refractivity contribution is 7.16. The number of nitrogens with zero attached hydrogens (tertiary/aromatic N) is 1. The number of rotatable bonds is 7. The van der Waals surface area contributed by atoms with Crippen LogP contribution in [0, 0.1) is 36.8 Å². The van der Waals surface area contributed by atoms with Crippen molar-refractivity contribution in [2.24, 2.45) is 5.92 Å². The summed E-state index contributed by atoms with van der Waals surface area (Å²) in [4.78, 5) is 48.0. The van der Waals surface area contributed by atoms with Crippen LogP contribution < -0.4 is 10.6 Å². The number of non-ortho nitro benzene ring substituents is 1. The maximum Gasteiger partial charge on any atom is 0.341 e. The number of nitrogens with one attached hydrogen (secondary N) is 2. The van der Waals surface area contributed by atoms with E-state index in [1.165, 1.54) is 29.5 Å². The number of nitro benzene ring substituents is 1. The predicted molar refractivity (Wildman–Crippen MR) is 112 cm³/mol. The number of benzene rings is 1. The monoisotopic (exact) mass is 431 g/mol. The number of thiophene rings is 1. The highest BCUT2D eigenvalue weighted by Crippen LogP contribution is 2.36. The number of carbonyl (C=O) groups excluding carboxylic acids is 3. The molecule has 1 fully saturated rings. The largest absolute Gasteiger partial charge is 0.452 e. The van der Waals surface area contributed by atoms with Gasteiger partial charge in [-0.1, -0.05) is 0 Å². The standard InChI is InChI=1S/C20H21N3O6S/c1-10-8-14(23(27)28)6-7-15(10)21-16(24)9-29-20(26)17-11(2)12(3)30-19(17)22-18(25)13-4-5-13/h6-8,13H,4-5,9H2,1-3H3,(H,21,24)(H,22,25). The fourth-order valence-corrected chi connectivity index (χ4v) is 3.86. The molecule has 2 aromatic rings. The number of ether oxygens (including phenoxy) is 1. The molecular formula is C20H21N3O6S. The van der Waals surface area contributed by atoms with E-state index in [-0.39, 0.29) is 23.1 Å². The Morgan fingerprint density at radius 3 is 2.50 bits per heavy atom. The van der Waals surface area contributed by atoms with Gasteiger partial charge in [0.05, 0.1) is 10.5 Å².